The highest BCUT2D eigenvalue weighted by molar-refractivity contribution is 7.98. The average molecular weight is 500 g/mol. The van der Waals surface area contributed by atoms with Gasteiger partial charge < -0.3 is 15.1 Å². The molecule has 2 aliphatic heterocycles. The first-order valence-corrected chi connectivity index (χ1v) is 13.0. The number of halogens is 1. The number of nitrogens with one attached hydrogen (secondary N) is 1. The number of nitrogens with zero attached hydrogens (tertiary/aromatic N) is 6. The number of hydrogen-bond acceptors (Lipinski definition) is 7. The number of thioether (sulfide) groups is 1. The number of benzene rings is 1. The Labute approximate surface area is 206 Å². The molecule has 0 aliphatic carbocycles. The van der Waals surface area contributed by atoms with Crippen molar-refractivity contribution in [1.82, 2.24) is 25.1 Å². The molecule has 4 heterocycles. The van der Waals surface area contributed by atoms with Crippen molar-refractivity contribution in [3.05, 3.63) is 35.5 Å². The second-order valence-electron chi connectivity index (χ2n) is 8.51. The summed E-state index contributed by atoms with van der Waals surface area (Å²) in [5.41, 5.74) is 1.53. The largest absolute Gasteiger partial charge is 0.356 e. The van der Waals surface area contributed by atoms with Crippen molar-refractivity contribution < 1.29 is 9.59 Å². The van der Waals surface area contributed by atoms with E-state index in [0.29, 0.717) is 29.8 Å². The summed E-state index contributed by atoms with van der Waals surface area (Å²) in [6.07, 6.45) is 6.31. The predicted molar refractivity (Wildman–Crippen MR) is 133 cm³/mol. The molecule has 2 saturated heterocycles. The second kappa shape index (κ2) is 9.79. The Morgan fingerprint density at radius 3 is 2.71 bits per heavy atom. The first kappa shape index (κ1) is 22.9. The third-order valence-corrected chi connectivity index (χ3v) is 7.10. The maximum Gasteiger partial charge on any atom is 0.227 e. The van der Waals surface area contributed by atoms with Crippen LogP contribution in [0.3, 0.4) is 0 Å². The van der Waals surface area contributed by atoms with Gasteiger partial charge in [0.15, 0.2) is 10.8 Å². The molecule has 2 fully saturated rings. The van der Waals surface area contributed by atoms with Gasteiger partial charge in [-0.05, 0) is 43.4 Å². The Morgan fingerprint density at radius 2 is 1.97 bits per heavy atom. The zero-order valence-corrected chi connectivity index (χ0v) is 20.5. The van der Waals surface area contributed by atoms with E-state index in [4.69, 9.17) is 16.6 Å². The summed E-state index contributed by atoms with van der Waals surface area (Å²) in [4.78, 5) is 38.6. The molecule has 3 aromatic rings. The molecular formula is C23H26ClN7O2S. The van der Waals surface area contributed by atoms with Crippen LogP contribution in [-0.4, -0.2) is 64.0 Å². The fourth-order valence-electron chi connectivity index (χ4n) is 4.53. The number of fused-ring (bicyclic) bond motifs is 1. The van der Waals surface area contributed by atoms with E-state index in [9.17, 15) is 9.59 Å². The van der Waals surface area contributed by atoms with Gasteiger partial charge in [0.1, 0.15) is 5.82 Å². The molecule has 9 nitrogen and oxygen atoms in total. The molecule has 2 aliphatic rings. The highest BCUT2D eigenvalue weighted by atomic mass is 35.5. The molecule has 1 aromatic carbocycles. The van der Waals surface area contributed by atoms with Crippen molar-refractivity contribution in [2.75, 3.05) is 42.2 Å². The molecule has 34 heavy (non-hydrogen) atoms. The second-order valence-corrected chi connectivity index (χ2v) is 9.72. The van der Waals surface area contributed by atoms with Crippen LogP contribution in [0.1, 0.15) is 19.3 Å². The number of hydrogen-bond donors (Lipinski definition) is 1. The first-order valence-electron chi connectivity index (χ1n) is 11.4. The Kier molecular flexibility index (Phi) is 6.60. The molecular weight excluding hydrogens is 474 g/mol. The minimum absolute atomic E-state index is 0.0590. The van der Waals surface area contributed by atoms with Crippen molar-refractivity contribution in [3.8, 4) is 0 Å². The Morgan fingerprint density at radius 1 is 1.21 bits per heavy atom. The fourth-order valence-corrected chi connectivity index (χ4v) is 5.01. The highest BCUT2D eigenvalue weighted by Crippen LogP contribution is 2.29. The summed E-state index contributed by atoms with van der Waals surface area (Å²) in [7, 11) is 0. The quantitative estimate of drug-likeness (QED) is 0.394. The van der Waals surface area contributed by atoms with E-state index < -0.39 is 0 Å². The van der Waals surface area contributed by atoms with E-state index in [1.54, 1.807) is 29.2 Å². The van der Waals surface area contributed by atoms with Crippen LogP contribution in [-0.2, 0) is 16.1 Å². The number of amides is 2. The van der Waals surface area contributed by atoms with Gasteiger partial charge in [-0.25, -0.2) is 14.6 Å². The van der Waals surface area contributed by atoms with Crippen LogP contribution >= 0.6 is 23.4 Å². The lowest BCUT2D eigenvalue weighted by Crippen LogP contribution is -2.35. The first-order chi connectivity index (χ1) is 16.5. The zero-order valence-electron chi connectivity index (χ0n) is 18.9. The van der Waals surface area contributed by atoms with Gasteiger partial charge in [-0.3, -0.25) is 9.59 Å². The standard InChI is InChI=1S/C23H26ClN7O2S/c1-34-23-27-20(29-9-2-3-10-29)18-13-26-31(21(18)28-23)11-8-25-22(33)15-12-19(32)30(14-15)17-6-4-16(24)5-7-17/h4-7,13,15H,2-3,8-12,14H2,1H3,(H,25,33). The molecule has 2 aromatic heterocycles. The van der Waals surface area contributed by atoms with Crippen molar-refractivity contribution >= 4 is 57.7 Å². The van der Waals surface area contributed by atoms with Gasteiger partial charge in [0, 0.05) is 43.3 Å². The minimum Gasteiger partial charge on any atom is -0.356 e. The minimum atomic E-state index is -0.385. The highest BCUT2D eigenvalue weighted by Gasteiger charge is 2.35. The van der Waals surface area contributed by atoms with Gasteiger partial charge >= 0.3 is 0 Å². The zero-order chi connectivity index (χ0) is 23.7. The Balaban J connectivity index is 1.23. The van der Waals surface area contributed by atoms with Crippen LogP contribution in [0.15, 0.2) is 35.6 Å². The van der Waals surface area contributed by atoms with Gasteiger partial charge in [-0.1, -0.05) is 23.4 Å². The average Bonchev–Trinajstić information content (AvgIpc) is 3.59. The van der Waals surface area contributed by atoms with E-state index >= 15 is 0 Å². The van der Waals surface area contributed by atoms with Gasteiger partial charge in [0.05, 0.1) is 24.0 Å². The topological polar surface area (TPSA) is 96.2 Å². The van der Waals surface area contributed by atoms with E-state index in [1.165, 1.54) is 24.6 Å². The van der Waals surface area contributed by atoms with E-state index in [1.807, 2.05) is 17.1 Å². The van der Waals surface area contributed by atoms with Crippen LogP contribution in [0.4, 0.5) is 11.5 Å². The number of carbonyl (C=O) groups excluding carboxylic acids is 2. The summed E-state index contributed by atoms with van der Waals surface area (Å²) in [6.45, 7) is 3.24. The molecule has 1 unspecified atom stereocenters. The molecule has 178 valence electrons. The summed E-state index contributed by atoms with van der Waals surface area (Å²) in [6, 6.07) is 7.08. The van der Waals surface area contributed by atoms with Gasteiger partial charge in [0.25, 0.3) is 0 Å². The van der Waals surface area contributed by atoms with Crippen LogP contribution < -0.4 is 15.1 Å². The lowest BCUT2D eigenvalue weighted by molar-refractivity contribution is -0.126. The Bertz CT molecular complexity index is 1210. The summed E-state index contributed by atoms with van der Waals surface area (Å²) >= 11 is 7.45. The van der Waals surface area contributed by atoms with E-state index in [2.05, 4.69) is 20.3 Å². The summed E-state index contributed by atoms with van der Waals surface area (Å²) in [5, 5.41) is 9.75. The molecule has 2 amide bonds. The monoisotopic (exact) mass is 499 g/mol. The van der Waals surface area contributed by atoms with Crippen molar-refractivity contribution in [2.24, 2.45) is 5.92 Å². The predicted octanol–water partition coefficient (Wildman–Crippen LogP) is 2.97. The third kappa shape index (κ3) is 4.56. The normalized spacial score (nSPS) is 18.3. The lowest BCUT2D eigenvalue weighted by Gasteiger charge is -2.17. The lowest BCUT2D eigenvalue weighted by atomic mass is 10.1. The van der Waals surface area contributed by atoms with Gasteiger partial charge in [0.2, 0.25) is 11.8 Å². The van der Waals surface area contributed by atoms with E-state index in [0.717, 1.165) is 35.6 Å². The van der Waals surface area contributed by atoms with Crippen LogP contribution in [0.5, 0.6) is 0 Å². The molecule has 0 radical (unpaired) electrons. The summed E-state index contributed by atoms with van der Waals surface area (Å²) < 4.78 is 1.82. The molecule has 0 bridgehead atoms. The number of aromatic nitrogens is 4. The SMILES string of the molecule is CSc1nc(N2CCCC2)c2cnn(CCNC(=O)C3CC(=O)N(c4ccc(Cl)cc4)C3)c2n1. The van der Waals surface area contributed by atoms with Crippen molar-refractivity contribution in [3.63, 3.8) is 0 Å². The molecule has 11 heteroatoms. The Hall–Kier alpha value is -2.85. The number of rotatable bonds is 7. The van der Waals surface area contributed by atoms with Crippen LogP contribution in [0.25, 0.3) is 11.0 Å². The van der Waals surface area contributed by atoms with Gasteiger partial charge in [-0.15, -0.1) is 0 Å². The van der Waals surface area contributed by atoms with Crippen molar-refractivity contribution in [2.45, 2.75) is 31.0 Å². The van der Waals surface area contributed by atoms with Crippen LogP contribution in [0.2, 0.25) is 5.02 Å². The number of anilines is 2. The molecule has 1 atom stereocenters. The van der Waals surface area contributed by atoms with Gasteiger partial charge in [-0.2, -0.15) is 5.10 Å². The molecule has 1 N–H and O–H groups in total. The maximum absolute atomic E-state index is 12.8. The third-order valence-electron chi connectivity index (χ3n) is 6.30. The van der Waals surface area contributed by atoms with Crippen molar-refractivity contribution in [1.29, 1.82) is 0 Å². The number of carbonyl (C=O) groups is 2. The maximum atomic E-state index is 12.8. The fraction of sp³-hybridized carbons (Fsp3) is 0.435. The van der Waals surface area contributed by atoms with E-state index in [-0.39, 0.29) is 24.2 Å². The molecule has 0 saturated carbocycles. The summed E-state index contributed by atoms with van der Waals surface area (Å²) in [5.74, 6) is 0.369. The molecule has 0 spiro atoms. The smallest absolute Gasteiger partial charge is 0.227 e. The molecule has 5 rings (SSSR count). The van der Waals surface area contributed by atoms with Crippen LogP contribution in [0, 0.1) is 5.92 Å².